The molecule has 1 N–H and O–H groups in total. The van der Waals surface area contributed by atoms with E-state index in [1.54, 1.807) is 4.57 Å². The van der Waals surface area contributed by atoms with Gasteiger partial charge in [-0.2, -0.15) is 0 Å². The second kappa shape index (κ2) is 4.04. The van der Waals surface area contributed by atoms with Crippen molar-refractivity contribution < 1.29 is 1.43 Å². The third-order valence-corrected chi connectivity index (χ3v) is 3.67. The van der Waals surface area contributed by atoms with Gasteiger partial charge in [-0.25, -0.2) is 4.79 Å². The van der Waals surface area contributed by atoms with E-state index in [0.29, 0.717) is 6.04 Å². The average Bonchev–Trinajstić information content (AvgIpc) is 2.64. The van der Waals surface area contributed by atoms with Crippen LogP contribution in [0.15, 0.2) is 29.1 Å². The number of fused-ring (bicyclic) bond motifs is 1. The van der Waals surface area contributed by atoms with Crippen LogP contribution in [0, 0.1) is 0 Å². The summed E-state index contributed by atoms with van der Waals surface area (Å²) in [6.07, 6.45) is 2.07. The number of piperidine rings is 1. The molecule has 0 radical (unpaired) electrons. The maximum atomic E-state index is 12.3. The van der Waals surface area contributed by atoms with Crippen LogP contribution in [-0.4, -0.2) is 22.2 Å². The maximum absolute atomic E-state index is 12.3. The maximum Gasteiger partial charge on any atom is 0.329 e. The van der Waals surface area contributed by atoms with Crippen LogP contribution in [-0.2, 0) is 7.05 Å². The van der Waals surface area contributed by atoms with E-state index in [2.05, 4.69) is 5.32 Å². The first-order valence-electron chi connectivity index (χ1n) is 6.15. The molecule has 0 bridgehead atoms. The summed E-state index contributed by atoms with van der Waals surface area (Å²) in [5.74, 6) is 0. The number of imidazole rings is 1. The fourth-order valence-corrected chi connectivity index (χ4v) is 2.74. The van der Waals surface area contributed by atoms with E-state index in [9.17, 15) is 4.79 Å². The van der Waals surface area contributed by atoms with Crippen molar-refractivity contribution >= 4 is 11.0 Å². The quantitative estimate of drug-likeness (QED) is 0.811. The predicted octanol–water partition coefficient (Wildman–Crippen LogP) is 1.51. The first-order valence-corrected chi connectivity index (χ1v) is 6.15. The van der Waals surface area contributed by atoms with Crippen LogP contribution >= 0.6 is 0 Å². The molecular formula is C13H19N3O. The van der Waals surface area contributed by atoms with Gasteiger partial charge in [0.1, 0.15) is 0 Å². The topological polar surface area (TPSA) is 39.0 Å². The Morgan fingerprint density at radius 1 is 1.24 bits per heavy atom. The number of aromatic nitrogens is 2. The monoisotopic (exact) mass is 233 g/mol. The summed E-state index contributed by atoms with van der Waals surface area (Å²) in [4.78, 5) is 12.3. The van der Waals surface area contributed by atoms with Gasteiger partial charge in [-0.3, -0.25) is 9.13 Å². The molecule has 4 heteroatoms. The van der Waals surface area contributed by atoms with Crippen molar-refractivity contribution in [3.63, 3.8) is 0 Å². The summed E-state index contributed by atoms with van der Waals surface area (Å²) in [5, 5.41) is 3.34. The lowest BCUT2D eigenvalue weighted by molar-refractivity contribution is 0.366. The van der Waals surface area contributed by atoms with Crippen LogP contribution < -0.4 is 11.0 Å². The minimum Gasteiger partial charge on any atom is -0.317 e. The highest BCUT2D eigenvalue weighted by Crippen LogP contribution is 2.22. The molecule has 1 aliphatic heterocycles. The number of rotatable bonds is 1. The fraction of sp³-hybridized carbons (Fsp3) is 0.462. The van der Waals surface area contributed by atoms with Crippen molar-refractivity contribution in [3.05, 3.63) is 34.7 Å². The van der Waals surface area contributed by atoms with Crippen molar-refractivity contribution in [2.45, 2.75) is 18.9 Å². The number of para-hydroxylation sites is 2. The smallest absolute Gasteiger partial charge is 0.317 e. The number of hydrogen-bond acceptors (Lipinski definition) is 2. The summed E-state index contributed by atoms with van der Waals surface area (Å²) in [6.45, 7) is 2.00. The largest absolute Gasteiger partial charge is 0.329 e. The molecule has 2 heterocycles. The molecule has 2 aromatic rings. The van der Waals surface area contributed by atoms with Gasteiger partial charge < -0.3 is 5.32 Å². The molecule has 1 fully saturated rings. The molecule has 3 rings (SSSR count). The van der Waals surface area contributed by atoms with Crippen LogP contribution in [0.25, 0.3) is 11.0 Å². The summed E-state index contributed by atoms with van der Waals surface area (Å²) in [7, 11) is 1.85. The average molecular weight is 233 g/mol. The lowest BCUT2D eigenvalue weighted by Crippen LogP contribution is -2.34. The number of nitrogens with zero attached hydrogens (tertiary/aromatic N) is 2. The minimum absolute atomic E-state index is 0. The van der Waals surface area contributed by atoms with Crippen LogP contribution in [0.2, 0.25) is 0 Å². The standard InChI is InChI=1S/C13H17N3O.H2/c1-15-11-4-2-3-5-12(11)16(13(15)17)10-6-8-14-9-7-10;/h2-5,10,14H,6-9H2,1H3;1H. The molecule has 0 aliphatic carbocycles. The Kier molecular flexibility index (Phi) is 2.52. The van der Waals surface area contributed by atoms with E-state index >= 15 is 0 Å². The van der Waals surface area contributed by atoms with Gasteiger partial charge in [0.15, 0.2) is 0 Å². The number of nitrogens with one attached hydrogen (secondary N) is 1. The Bertz CT molecular complexity index is 596. The van der Waals surface area contributed by atoms with E-state index in [1.807, 2.05) is 35.9 Å². The third kappa shape index (κ3) is 1.60. The Morgan fingerprint density at radius 3 is 2.59 bits per heavy atom. The lowest BCUT2D eigenvalue weighted by Gasteiger charge is -2.23. The molecule has 0 unspecified atom stereocenters. The molecule has 92 valence electrons. The molecule has 0 spiro atoms. The minimum atomic E-state index is 0. The van der Waals surface area contributed by atoms with Crippen LogP contribution in [0.1, 0.15) is 20.3 Å². The molecule has 17 heavy (non-hydrogen) atoms. The van der Waals surface area contributed by atoms with Gasteiger partial charge in [0.25, 0.3) is 0 Å². The SMILES string of the molecule is Cn1c(=O)n(C2CCNCC2)c2ccccc21.[HH]. The summed E-state index contributed by atoms with van der Waals surface area (Å²) in [6, 6.07) is 8.37. The van der Waals surface area contributed by atoms with E-state index < -0.39 is 0 Å². The second-order valence-corrected chi connectivity index (χ2v) is 4.68. The zero-order valence-electron chi connectivity index (χ0n) is 10.0. The van der Waals surface area contributed by atoms with E-state index in [0.717, 1.165) is 37.0 Å². The van der Waals surface area contributed by atoms with Crippen LogP contribution in [0.5, 0.6) is 0 Å². The number of hydrogen-bond donors (Lipinski definition) is 1. The van der Waals surface area contributed by atoms with E-state index in [4.69, 9.17) is 0 Å². The third-order valence-electron chi connectivity index (χ3n) is 3.67. The number of benzene rings is 1. The van der Waals surface area contributed by atoms with Crippen molar-refractivity contribution in [3.8, 4) is 0 Å². The molecule has 1 aromatic carbocycles. The van der Waals surface area contributed by atoms with Crippen molar-refractivity contribution in [2.24, 2.45) is 7.05 Å². The van der Waals surface area contributed by atoms with Gasteiger partial charge in [0.05, 0.1) is 11.0 Å². The first-order chi connectivity index (χ1) is 8.29. The zero-order valence-corrected chi connectivity index (χ0v) is 10.0. The summed E-state index contributed by atoms with van der Waals surface area (Å²) in [5.41, 5.74) is 2.20. The fourth-order valence-electron chi connectivity index (χ4n) is 2.74. The normalized spacial score (nSPS) is 17.7. The Balaban J connectivity index is 0.00000120. The number of aryl methyl sites for hydroxylation is 1. The second-order valence-electron chi connectivity index (χ2n) is 4.68. The van der Waals surface area contributed by atoms with Gasteiger partial charge in [0, 0.05) is 14.5 Å². The molecule has 0 amide bonds. The zero-order chi connectivity index (χ0) is 11.8. The Labute approximate surface area is 101 Å². The summed E-state index contributed by atoms with van der Waals surface area (Å²) < 4.78 is 3.72. The summed E-state index contributed by atoms with van der Waals surface area (Å²) >= 11 is 0. The van der Waals surface area contributed by atoms with Gasteiger partial charge in [-0.15, -0.1) is 0 Å². The lowest BCUT2D eigenvalue weighted by atomic mass is 10.1. The van der Waals surface area contributed by atoms with Gasteiger partial charge in [-0.05, 0) is 38.1 Å². The molecule has 1 aromatic heterocycles. The molecule has 1 aliphatic rings. The van der Waals surface area contributed by atoms with Crippen molar-refractivity contribution in [2.75, 3.05) is 13.1 Å². The molecule has 0 saturated carbocycles. The van der Waals surface area contributed by atoms with Gasteiger partial charge >= 0.3 is 5.69 Å². The molecule has 4 nitrogen and oxygen atoms in total. The highest BCUT2D eigenvalue weighted by atomic mass is 16.1. The van der Waals surface area contributed by atoms with Crippen LogP contribution in [0.3, 0.4) is 0 Å². The molecule has 0 atom stereocenters. The molecule has 1 saturated heterocycles. The predicted molar refractivity (Wildman–Crippen MR) is 70.4 cm³/mol. The highest BCUT2D eigenvalue weighted by Gasteiger charge is 2.20. The van der Waals surface area contributed by atoms with Crippen molar-refractivity contribution in [1.82, 2.24) is 14.5 Å². The van der Waals surface area contributed by atoms with E-state index in [-0.39, 0.29) is 7.12 Å². The van der Waals surface area contributed by atoms with E-state index in [1.165, 1.54) is 0 Å². The van der Waals surface area contributed by atoms with Gasteiger partial charge in [0.2, 0.25) is 0 Å². The van der Waals surface area contributed by atoms with Crippen molar-refractivity contribution in [1.29, 1.82) is 0 Å². The Hall–Kier alpha value is -1.55. The Morgan fingerprint density at radius 2 is 1.88 bits per heavy atom. The first kappa shape index (κ1) is 10.6. The van der Waals surface area contributed by atoms with Gasteiger partial charge in [-0.1, -0.05) is 12.1 Å². The highest BCUT2D eigenvalue weighted by molar-refractivity contribution is 5.76. The van der Waals surface area contributed by atoms with Crippen LogP contribution in [0.4, 0.5) is 0 Å². The molecular weight excluding hydrogens is 214 g/mol.